The Labute approximate surface area is 250 Å². The lowest BCUT2D eigenvalue weighted by molar-refractivity contribution is -0.123. The number of para-hydroxylation sites is 1. The van der Waals surface area contributed by atoms with Crippen molar-refractivity contribution in [2.24, 2.45) is 5.92 Å². The molecule has 0 radical (unpaired) electrons. The maximum atomic E-state index is 14.1. The largest absolute Gasteiger partial charge is 0.296 e. The van der Waals surface area contributed by atoms with Crippen LogP contribution in [0.5, 0.6) is 0 Å². The Hall–Kier alpha value is -2.78. The van der Waals surface area contributed by atoms with E-state index in [2.05, 4.69) is 0 Å². The molecule has 1 amide bonds. The van der Waals surface area contributed by atoms with Crippen LogP contribution in [0.1, 0.15) is 46.4 Å². The maximum absolute atomic E-state index is 14.1. The molecule has 0 fully saturated rings. The third-order valence-electron chi connectivity index (χ3n) is 6.83. The Bertz CT molecular complexity index is 1500. The molecule has 204 valence electrons. The van der Waals surface area contributed by atoms with Crippen LogP contribution in [0.15, 0.2) is 72.8 Å². The van der Waals surface area contributed by atoms with Gasteiger partial charge in [-0.2, -0.15) is 32.1 Å². The zero-order chi connectivity index (χ0) is 26.3. The van der Waals surface area contributed by atoms with Crippen molar-refractivity contribution >= 4 is 67.7 Å². The third kappa shape index (κ3) is 5.75. The van der Waals surface area contributed by atoms with E-state index in [0.717, 1.165) is 22.5 Å². The van der Waals surface area contributed by atoms with E-state index in [4.69, 9.17) is 28.3 Å². The van der Waals surface area contributed by atoms with Crippen LogP contribution in [-0.2, 0) is 4.79 Å². The molecule has 0 spiro atoms. The number of hydrogen-bond acceptors (Lipinski definition) is 3. The molecular weight excluding hydrogens is 576 g/mol. The smallest absolute Gasteiger partial charge is 0.232 e. The fourth-order valence-electron chi connectivity index (χ4n) is 5.12. The van der Waals surface area contributed by atoms with E-state index in [9.17, 15) is 14.0 Å². The Morgan fingerprint density at radius 1 is 0.974 bits per heavy atom. The van der Waals surface area contributed by atoms with Gasteiger partial charge in [-0.25, -0.2) is 9.07 Å². The summed E-state index contributed by atoms with van der Waals surface area (Å²) < 4.78 is 15.7. The highest BCUT2D eigenvalue weighted by Gasteiger charge is 2.45. The SMILES string of the molecule is CCN1C(=O)[C@@H](CC(=O)c2ccc(Cl)c(Cl)c2)[C@@H](c2ccc(F)cc2)c2c(C)nn(-c3ccccc3)c21.S.S. The predicted molar refractivity (Wildman–Crippen MR) is 164 cm³/mol. The topological polar surface area (TPSA) is 55.2 Å². The highest BCUT2D eigenvalue weighted by atomic mass is 35.5. The Kier molecular flexibility index (Phi) is 9.93. The molecule has 0 unspecified atom stereocenters. The summed E-state index contributed by atoms with van der Waals surface area (Å²) >= 11 is 12.2. The summed E-state index contributed by atoms with van der Waals surface area (Å²) in [6.45, 7) is 4.20. The van der Waals surface area contributed by atoms with E-state index >= 15 is 0 Å². The zero-order valence-electron chi connectivity index (χ0n) is 21.3. The molecule has 5 nitrogen and oxygen atoms in total. The van der Waals surface area contributed by atoms with Crippen LogP contribution >= 0.6 is 50.2 Å². The monoisotopic (exact) mass is 603 g/mol. The molecule has 2 atom stereocenters. The summed E-state index contributed by atoms with van der Waals surface area (Å²) in [5.41, 5.74) is 3.54. The van der Waals surface area contributed by atoms with Crippen LogP contribution < -0.4 is 4.90 Å². The minimum Gasteiger partial charge on any atom is -0.296 e. The summed E-state index contributed by atoms with van der Waals surface area (Å²) in [6.07, 6.45) is -0.0509. The number of amides is 1. The van der Waals surface area contributed by atoms with E-state index in [1.807, 2.05) is 44.2 Å². The van der Waals surface area contributed by atoms with Gasteiger partial charge in [-0.05, 0) is 61.9 Å². The summed E-state index contributed by atoms with van der Waals surface area (Å²) in [5.74, 6) is -1.32. The first-order chi connectivity index (χ1) is 17.8. The first-order valence-electron chi connectivity index (χ1n) is 12.0. The molecule has 0 saturated carbocycles. The van der Waals surface area contributed by atoms with E-state index in [-0.39, 0.29) is 55.9 Å². The van der Waals surface area contributed by atoms with Gasteiger partial charge in [0, 0.05) is 30.0 Å². The van der Waals surface area contributed by atoms with Gasteiger partial charge in [0.2, 0.25) is 5.91 Å². The second kappa shape index (κ2) is 12.6. The molecule has 0 N–H and O–H groups in total. The third-order valence-corrected chi connectivity index (χ3v) is 7.57. The standard InChI is InChI=1S/C29H24Cl2FN3O2.2H2S/c1-3-34-28-26(17(2)33-35(28)21-7-5-4-6-8-21)27(18-9-12-20(32)13-10-18)22(29(34)37)16-25(36)19-11-14-23(30)24(31)15-19;;/h4-15,22,27H,3,16H2,1-2H3;2*1H2/t22-,27+;;/m0../s1. The normalized spacial score (nSPS) is 16.2. The Morgan fingerprint density at radius 2 is 1.64 bits per heavy atom. The number of aromatic nitrogens is 2. The quantitative estimate of drug-likeness (QED) is 0.218. The highest BCUT2D eigenvalue weighted by Crippen LogP contribution is 2.47. The van der Waals surface area contributed by atoms with Crippen LogP contribution in [0.25, 0.3) is 5.69 Å². The number of anilines is 1. The molecule has 1 aromatic heterocycles. The van der Waals surface area contributed by atoms with Crippen molar-refractivity contribution in [3.63, 3.8) is 0 Å². The second-order valence-electron chi connectivity index (χ2n) is 9.04. The molecule has 1 aliphatic rings. The Balaban J connectivity index is 0.00000210. The van der Waals surface area contributed by atoms with Crippen molar-refractivity contribution in [2.45, 2.75) is 26.2 Å². The average molecular weight is 605 g/mol. The highest BCUT2D eigenvalue weighted by molar-refractivity contribution is 7.59. The molecule has 10 heteroatoms. The summed E-state index contributed by atoms with van der Waals surface area (Å²) in [4.78, 5) is 29.2. The number of nitrogens with zero attached hydrogens (tertiary/aromatic N) is 3. The maximum Gasteiger partial charge on any atom is 0.232 e. The van der Waals surface area contributed by atoms with Crippen molar-refractivity contribution in [1.82, 2.24) is 9.78 Å². The lowest BCUT2D eigenvalue weighted by Crippen LogP contribution is -2.45. The van der Waals surface area contributed by atoms with Gasteiger partial charge in [0.25, 0.3) is 0 Å². The average Bonchev–Trinajstić information content (AvgIpc) is 3.24. The lowest BCUT2D eigenvalue weighted by Gasteiger charge is -2.38. The van der Waals surface area contributed by atoms with Crippen molar-refractivity contribution < 1.29 is 14.0 Å². The lowest BCUT2D eigenvalue weighted by atomic mass is 9.74. The molecule has 0 aliphatic carbocycles. The molecule has 3 aromatic carbocycles. The van der Waals surface area contributed by atoms with E-state index < -0.39 is 11.8 Å². The molecule has 2 heterocycles. The number of hydrogen-bond donors (Lipinski definition) is 0. The van der Waals surface area contributed by atoms with Crippen molar-refractivity contribution in [3.8, 4) is 5.69 Å². The second-order valence-corrected chi connectivity index (χ2v) is 9.86. The van der Waals surface area contributed by atoms with Gasteiger partial charge in [-0.1, -0.05) is 53.5 Å². The van der Waals surface area contributed by atoms with Gasteiger partial charge < -0.3 is 0 Å². The summed E-state index contributed by atoms with van der Waals surface area (Å²) in [7, 11) is 0. The van der Waals surface area contributed by atoms with E-state index in [1.165, 1.54) is 18.2 Å². The number of carbonyl (C=O) groups excluding carboxylic acids is 2. The molecule has 1 aliphatic heterocycles. The van der Waals surface area contributed by atoms with Gasteiger partial charge in [0.05, 0.1) is 27.3 Å². The fourth-order valence-corrected chi connectivity index (χ4v) is 5.41. The summed E-state index contributed by atoms with van der Waals surface area (Å²) in [5, 5.41) is 5.44. The molecule has 39 heavy (non-hydrogen) atoms. The Morgan fingerprint density at radius 3 is 2.26 bits per heavy atom. The predicted octanol–water partition coefficient (Wildman–Crippen LogP) is 7.24. The van der Waals surface area contributed by atoms with Crippen LogP contribution in [0.2, 0.25) is 10.0 Å². The zero-order valence-corrected chi connectivity index (χ0v) is 24.8. The number of aryl methyl sites for hydroxylation is 1. The number of carbonyl (C=O) groups is 2. The molecular formula is C29H28Cl2FN3O2S2. The minimum absolute atomic E-state index is 0. The number of fused-ring (bicyclic) bond motifs is 1. The van der Waals surface area contributed by atoms with Gasteiger partial charge in [0.1, 0.15) is 11.6 Å². The van der Waals surface area contributed by atoms with Crippen LogP contribution in [-0.4, -0.2) is 28.0 Å². The number of ketones is 1. The molecule has 5 rings (SSSR count). The number of halogens is 3. The van der Waals surface area contributed by atoms with Gasteiger partial charge in [-0.15, -0.1) is 0 Å². The number of rotatable bonds is 6. The van der Waals surface area contributed by atoms with Crippen molar-refractivity contribution in [3.05, 3.63) is 111 Å². The molecule has 4 aromatic rings. The fraction of sp³-hybridized carbons (Fsp3) is 0.207. The number of Topliss-reactive ketones (excluding diaryl/α,β-unsaturated/α-hetero) is 1. The first kappa shape index (κ1) is 30.8. The van der Waals surface area contributed by atoms with Gasteiger partial charge >= 0.3 is 0 Å². The van der Waals surface area contributed by atoms with Crippen molar-refractivity contribution in [1.29, 1.82) is 0 Å². The first-order valence-corrected chi connectivity index (χ1v) is 12.8. The van der Waals surface area contributed by atoms with Gasteiger partial charge in [0.15, 0.2) is 5.78 Å². The molecule has 0 bridgehead atoms. The number of benzene rings is 3. The van der Waals surface area contributed by atoms with E-state index in [1.54, 1.807) is 33.8 Å². The summed E-state index contributed by atoms with van der Waals surface area (Å²) in [6, 6.07) is 20.4. The van der Waals surface area contributed by atoms with Gasteiger partial charge in [-0.3, -0.25) is 14.5 Å². The van der Waals surface area contributed by atoms with Crippen LogP contribution in [0, 0.1) is 18.7 Å². The van der Waals surface area contributed by atoms with E-state index in [0.29, 0.717) is 22.9 Å². The molecule has 0 saturated heterocycles. The minimum atomic E-state index is -0.716. The van der Waals surface area contributed by atoms with Crippen molar-refractivity contribution in [2.75, 3.05) is 11.4 Å². The van der Waals surface area contributed by atoms with Crippen LogP contribution in [0.3, 0.4) is 0 Å². The van der Waals surface area contributed by atoms with Crippen LogP contribution in [0.4, 0.5) is 10.2 Å².